The van der Waals surface area contributed by atoms with Crippen molar-refractivity contribution in [3.8, 4) is 0 Å². The van der Waals surface area contributed by atoms with Crippen molar-refractivity contribution in [3.63, 3.8) is 0 Å². The summed E-state index contributed by atoms with van der Waals surface area (Å²) in [6.07, 6.45) is 3.38. The first kappa shape index (κ1) is 14.7. The Bertz CT molecular complexity index is 482. The highest BCUT2D eigenvalue weighted by Gasteiger charge is 2.19. The Kier molecular flexibility index (Phi) is 4.84. The summed E-state index contributed by atoms with van der Waals surface area (Å²) >= 11 is 0. The number of carbonyl (C=O) groups is 1. The molecule has 0 bridgehead atoms. The molecule has 1 aromatic rings. The lowest BCUT2D eigenvalue weighted by Gasteiger charge is -2.18. The summed E-state index contributed by atoms with van der Waals surface area (Å²) in [4.78, 5) is 11.4. The third-order valence-electron chi connectivity index (χ3n) is 3.72. The number of amides is 1. The summed E-state index contributed by atoms with van der Waals surface area (Å²) in [6.45, 7) is 3.14. The molecule has 1 aromatic carbocycles. The molecule has 0 aromatic heterocycles. The highest BCUT2D eigenvalue weighted by Crippen LogP contribution is 2.31. The summed E-state index contributed by atoms with van der Waals surface area (Å²) < 4.78 is 0. The number of aliphatic hydroxyl groups is 1. The van der Waals surface area contributed by atoms with Gasteiger partial charge in [0, 0.05) is 18.8 Å². The van der Waals surface area contributed by atoms with Gasteiger partial charge in [0.1, 0.15) is 0 Å². The van der Waals surface area contributed by atoms with E-state index >= 15 is 0 Å². The zero-order chi connectivity index (χ0) is 14.5. The molecule has 0 aliphatic carbocycles. The molecule has 1 amide bonds. The van der Waals surface area contributed by atoms with Crippen LogP contribution in [0.15, 0.2) is 12.1 Å². The minimum atomic E-state index is 0.0145. The summed E-state index contributed by atoms with van der Waals surface area (Å²) in [6, 6.07) is 3.76. The molecule has 1 aliphatic heterocycles. The van der Waals surface area contributed by atoms with Crippen LogP contribution in [0.25, 0.3) is 0 Å². The molecule has 20 heavy (non-hydrogen) atoms. The molecule has 2 rings (SSSR count). The normalized spacial score (nSPS) is 14.8. The van der Waals surface area contributed by atoms with Crippen molar-refractivity contribution < 1.29 is 9.90 Å². The van der Waals surface area contributed by atoms with Gasteiger partial charge in [-0.1, -0.05) is 13.3 Å². The number of rotatable bonds is 7. The number of aliphatic hydroxyl groups excluding tert-OH is 1. The van der Waals surface area contributed by atoms with Crippen LogP contribution in [-0.2, 0) is 11.2 Å². The third kappa shape index (κ3) is 3.42. The van der Waals surface area contributed by atoms with Crippen molar-refractivity contribution in [3.05, 3.63) is 17.7 Å². The van der Waals surface area contributed by atoms with Crippen molar-refractivity contribution in [1.29, 1.82) is 0 Å². The first-order chi connectivity index (χ1) is 9.63. The predicted octanol–water partition coefficient (Wildman–Crippen LogP) is 1.97. The van der Waals surface area contributed by atoms with E-state index in [1.807, 2.05) is 12.1 Å². The number of hydrogen-bond acceptors (Lipinski definition) is 4. The van der Waals surface area contributed by atoms with E-state index in [9.17, 15) is 4.79 Å². The van der Waals surface area contributed by atoms with Crippen LogP contribution in [0.2, 0.25) is 0 Å². The van der Waals surface area contributed by atoms with Gasteiger partial charge >= 0.3 is 0 Å². The third-order valence-corrected chi connectivity index (χ3v) is 3.72. The standard InChI is InChI=1S/C15H23N3O2/c1-2-3-10(4-5-19)9-17-14-8-13-11(6-12(14)16)7-15(20)18-13/h6,8,10,17,19H,2-5,7,9,16H2,1H3,(H,18,20). The lowest BCUT2D eigenvalue weighted by molar-refractivity contribution is -0.115. The van der Waals surface area contributed by atoms with Crippen LogP contribution >= 0.6 is 0 Å². The predicted molar refractivity (Wildman–Crippen MR) is 81.8 cm³/mol. The zero-order valence-corrected chi connectivity index (χ0v) is 11.9. The summed E-state index contributed by atoms with van der Waals surface area (Å²) in [5, 5.41) is 15.2. The summed E-state index contributed by atoms with van der Waals surface area (Å²) in [7, 11) is 0. The second-order valence-electron chi connectivity index (χ2n) is 5.37. The first-order valence-corrected chi connectivity index (χ1v) is 7.21. The molecule has 0 spiro atoms. The molecule has 1 unspecified atom stereocenters. The molecule has 0 radical (unpaired) electrons. The van der Waals surface area contributed by atoms with E-state index in [4.69, 9.17) is 10.8 Å². The average Bonchev–Trinajstić information content (AvgIpc) is 2.75. The van der Waals surface area contributed by atoms with Crippen molar-refractivity contribution in [2.24, 2.45) is 5.92 Å². The van der Waals surface area contributed by atoms with E-state index in [1.54, 1.807) is 0 Å². The molecule has 5 heteroatoms. The lowest BCUT2D eigenvalue weighted by Crippen LogP contribution is -2.16. The van der Waals surface area contributed by atoms with Gasteiger partial charge in [-0.15, -0.1) is 0 Å². The van der Waals surface area contributed by atoms with Crippen LogP contribution in [-0.4, -0.2) is 24.2 Å². The van der Waals surface area contributed by atoms with Crippen LogP contribution in [0.1, 0.15) is 31.7 Å². The first-order valence-electron chi connectivity index (χ1n) is 7.21. The molecule has 5 N–H and O–H groups in total. The molecule has 110 valence electrons. The fourth-order valence-corrected chi connectivity index (χ4v) is 2.64. The molecular weight excluding hydrogens is 254 g/mol. The van der Waals surface area contributed by atoms with Gasteiger partial charge in [-0.25, -0.2) is 0 Å². The number of nitrogen functional groups attached to an aromatic ring is 1. The Balaban J connectivity index is 2.02. The average molecular weight is 277 g/mol. The molecule has 0 fully saturated rings. The van der Waals surface area contributed by atoms with E-state index in [0.717, 1.165) is 42.7 Å². The Morgan fingerprint density at radius 2 is 2.25 bits per heavy atom. The van der Waals surface area contributed by atoms with Crippen molar-refractivity contribution >= 4 is 23.0 Å². The summed E-state index contributed by atoms with van der Waals surface area (Å²) in [5.41, 5.74) is 9.35. The Labute approximate surface area is 119 Å². The van der Waals surface area contributed by atoms with E-state index in [0.29, 0.717) is 18.0 Å². The van der Waals surface area contributed by atoms with Gasteiger partial charge in [0.05, 0.1) is 17.8 Å². The molecular formula is C15H23N3O2. The number of fused-ring (bicyclic) bond motifs is 1. The second kappa shape index (κ2) is 6.61. The maximum absolute atomic E-state index is 11.4. The monoisotopic (exact) mass is 277 g/mol. The van der Waals surface area contributed by atoms with Crippen LogP contribution in [0.5, 0.6) is 0 Å². The highest BCUT2D eigenvalue weighted by molar-refractivity contribution is 6.00. The fourth-order valence-electron chi connectivity index (χ4n) is 2.64. The second-order valence-corrected chi connectivity index (χ2v) is 5.37. The fraction of sp³-hybridized carbons (Fsp3) is 0.533. The van der Waals surface area contributed by atoms with Gasteiger partial charge in [-0.3, -0.25) is 4.79 Å². The molecule has 1 atom stereocenters. The van der Waals surface area contributed by atoms with Crippen LogP contribution in [0, 0.1) is 5.92 Å². The van der Waals surface area contributed by atoms with Crippen LogP contribution < -0.4 is 16.4 Å². The number of hydrogen-bond donors (Lipinski definition) is 4. The van der Waals surface area contributed by atoms with Gasteiger partial charge in [-0.2, -0.15) is 0 Å². The Morgan fingerprint density at radius 1 is 1.45 bits per heavy atom. The Morgan fingerprint density at radius 3 is 2.95 bits per heavy atom. The van der Waals surface area contributed by atoms with Gasteiger partial charge in [0.25, 0.3) is 0 Å². The number of nitrogens with one attached hydrogen (secondary N) is 2. The molecule has 1 heterocycles. The summed E-state index contributed by atoms with van der Waals surface area (Å²) in [5.74, 6) is 0.452. The van der Waals surface area contributed by atoms with Crippen molar-refractivity contribution in [1.82, 2.24) is 0 Å². The lowest BCUT2D eigenvalue weighted by atomic mass is 10.00. The zero-order valence-electron chi connectivity index (χ0n) is 11.9. The van der Waals surface area contributed by atoms with E-state index in [2.05, 4.69) is 17.6 Å². The molecule has 0 saturated carbocycles. The van der Waals surface area contributed by atoms with Crippen molar-refractivity contribution in [2.75, 3.05) is 29.5 Å². The molecule has 0 saturated heterocycles. The topological polar surface area (TPSA) is 87.4 Å². The molecule has 5 nitrogen and oxygen atoms in total. The van der Waals surface area contributed by atoms with Gasteiger partial charge < -0.3 is 21.5 Å². The van der Waals surface area contributed by atoms with Crippen LogP contribution in [0.3, 0.4) is 0 Å². The largest absolute Gasteiger partial charge is 0.397 e. The van der Waals surface area contributed by atoms with Crippen LogP contribution in [0.4, 0.5) is 17.1 Å². The van der Waals surface area contributed by atoms with Crippen molar-refractivity contribution in [2.45, 2.75) is 32.6 Å². The minimum Gasteiger partial charge on any atom is -0.397 e. The smallest absolute Gasteiger partial charge is 0.228 e. The van der Waals surface area contributed by atoms with Gasteiger partial charge in [-0.05, 0) is 36.5 Å². The van der Waals surface area contributed by atoms with E-state index in [-0.39, 0.29) is 12.5 Å². The number of benzene rings is 1. The number of carbonyl (C=O) groups excluding carboxylic acids is 1. The quantitative estimate of drug-likeness (QED) is 0.574. The maximum Gasteiger partial charge on any atom is 0.228 e. The highest BCUT2D eigenvalue weighted by atomic mass is 16.3. The number of nitrogens with two attached hydrogens (primary N) is 1. The number of anilines is 3. The van der Waals surface area contributed by atoms with E-state index < -0.39 is 0 Å². The minimum absolute atomic E-state index is 0.0145. The van der Waals surface area contributed by atoms with Gasteiger partial charge in [0.15, 0.2) is 0 Å². The Hall–Kier alpha value is -1.75. The van der Waals surface area contributed by atoms with Gasteiger partial charge in [0.2, 0.25) is 5.91 Å². The maximum atomic E-state index is 11.4. The SMILES string of the molecule is CCCC(CCO)CNc1cc2c(cc1N)CC(=O)N2. The molecule has 1 aliphatic rings. The van der Waals surface area contributed by atoms with E-state index in [1.165, 1.54) is 0 Å².